The average molecular weight is 384 g/mol. The molecule has 140 valence electrons. The molecule has 2 rings (SSSR count). The molecule has 0 saturated carbocycles. The van der Waals surface area contributed by atoms with Crippen molar-refractivity contribution >= 4 is 11.5 Å². The van der Waals surface area contributed by atoms with Gasteiger partial charge in [-0.15, -0.1) is 0 Å². The van der Waals surface area contributed by atoms with E-state index in [1.165, 1.54) is 0 Å². The number of hydrogen-bond acceptors (Lipinski definition) is 3. The second kappa shape index (κ2) is 13.3. The van der Waals surface area contributed by atoms with E-state index in [1.807, 2.05) is 60.7 Å². The van der Waals surface area contributed by atoms with Crippen molar-refractivity contribution in [3.8, 4) is 6.07 Å². The molecule has 0 spiro atoms. The van der Waals surface area contributed by atoms with Crippen molar-refractivity contribution in [1.82, 2.24) is 0 Å². The summed E-state index contributed by atoms with van der Waals surface area (Å²) in [7, 11) is 0. The Labute approximate surface area is 190 Å². The summed E-state index contributed by atoms with van der Waals surface area (Å²) in [6.45, 7) is 4.62. The van der Waals surface area contributed by atoms with Gasteiger partial charge in [0.05, 0.1) is 6.61 Å². The van der Waals surface area contributed by atoms with Gasteiger partial charge in [0.25, 0.3) is 0 Å². The third kappa shape index (κ3) is 6.95. The van der Waals surface area contributed by atoms with Gasteiger partial charge in [0, 0.05) is 5.57 Å². The van der Waals surface area contributed by atoms with E-state index >= 15 is 0 Å². The molecule has 0 fully saturated rings. The van der Waals surface area contributed by atoms with Gasteiger partial charge >= 0.3 is 35.5 Å². The summed E-state index contributed by atoms with van der Waals surface area (Å²) in [6, 6.07) is 21.1. The van der Waals surface area contributed by atoms with Gasteiger partial charge in [0.1, 0.15) is 11.6 Å². The average Bonchev–Trinajstić information content (AvgIpc) is 2.73. The van der Waals surface area contributed by atoms with Crippen LogP contribution in [0.4, 0.5) is 0 Å². The monoisotopic (exact) mass is 384 g/mol. The van der Waals surface area contributed by atoms with Gasteiger partial charge in [-0.25, -0.2) is 4.79 Å². The number of nitriles is 1. The van der Waals surface area contributed by atoms with E-state index in [0.29, 0.717) is 18.1 Å². The molecule has 0 heterocycles. The number of carbonyl (C=O) groups is 1. The zero-order valence-corrected chi connectivity index (χ0v) is 19.2. The topological polar surface area (TPSA) is 50.1 Å². The molecule has 2 aromatic carbocycles. The Morgan fingerprint density at radius 3 is 1.96 bits per heavy atom. The Morgan fingerprint density at radius 2 is 1.54 bits per heavy atom. The first-order valence-electron chi connectivity index (χ1n) is 9.63. The number of unbranched alkanes of at least 4 members (excludes halogenated alkanes) is 1. The molecule has 1 unspecified atom stereocenters. The minimum atomic E-state index is -0.546. The van der Waals surface area contributed by atoms with Crippen LogP contribution >= 0.6 is 0 Å². The summed E-state index contributed by atoms with van der Waals surface area (Å²) in [5.74, 6) is -0.208. The molecule has 0 amide bonds. The first-order chi connectivity index (χ1) is 13.2. The van der Waals surface area contributed by atoms with Gasteiger partial charge in [0.2, 0.25) is 0 Å². The SMILES string of the molecule is CCCCC(CC)COC(=O)C(C#N)=C(c1ccccc1)c1ccccc1.[Na+]. The number of rotatable bonds is 9. The van der Waals surface area contributed by atoms with Crippen LogP contribution in [0.1, 0.15) is 50.7 Å². The summed E-state index contributed by atoms with van der Waals surface area (Å²) in [5.41, 5.74) is 2.33. The summed E-state index contributed by atoms with van der Waals surface area (Å²) in [5, 5.41) is 9.74. The smallest absolute Gasteiger partial charge is 0.461 e. The third-order valence-corrected chi connectivity index (χ3v) is 4.68. The number of carbonyl (C=O) groups excluding carboxylic acids is 1. The van der Waals surface area contributed by atoms with E-state index in [2.05, 4.69) is 19.9 Å². The van der Waals surface area contributed by atoms with Gasteiger partial charge in [-0.2, -0.15) is 5.26 Å². The van der Waals surface area contributed by atoms with E-state index in [1.54, 1.807) is 0 Å². The number of ether oxygens (including phenoxy) is 1. The molecule has 0 aliphatic rings. The van der Waals surface area contributed by atoms with Crippen LogP contribution in [0, 0.1) is 17.2 Å². The zero-order valence-electron chi connectivity index (χ0n) is 17.2. The number of hydrogen-bond donors (Lipinski definition) is 0. The number of esters is 1. The van der Waals surface area contributed by atoms with Crippen LogP contribution in [-0.2, 0) is 9.53 Å². The van der Waals surface area contributed by atoms with Crippen LogP contribution in [0.3, 0.4) is 0 Å². The Hall–Kier alpha value is -1.86. The molecule has 4 heteroatoms. The second-order valence-electron chi connectivity index (χ2n) is 6.61. The molecule has 0 saturated heterocycles. The van der Waals surface area contributed by atoms with Gasteiger partial charge in [0.15, 0.2) is 0 Å². The number of nitrogens with zero attached hydrogens (tertiary/aromatic N) is 1. The minimum Gasteiger partial charge on any atom is -0.461 e. The summed E-state index contributed by atoms with van der Waals surface area (Å²) < 4.78 is 5.55. The van der Waals surface area contributed by atoms with Gasteiger partial charge < -0.3 is 4.74 Å². The molecular formula is C24H27NNaO2+. The predicted molar refractivity (Wildman–Crippen MR) is 109 cm³/mol. The van der Waals surface area contributed by atoms with E-state index in [0.717, 1.165) is 36.8 Å². The zero-order chi connectivity index (χ0) is 19.5. The third-order valence-electron chi connectivity index (χ3n) is 4.68. The minimum absolute atomic E-state index is 0. The van der Waals surface area contributed by atoms with Crippen molar-refractivity contribution in [3.63, 3.8) is 0 Å². The van der Waals surface area contributed by atoms with E-state index < -0.39 is 5.97 Å². The molecule has 0 N–H and O–H groups in total. The summed E-state index contributed by atoms with van der Waals surface area (Å²) in [4.78, 5) is 12.8. The Balaban J connectivity index is 0.00000392. The van der Waals surface area contributed by atoms with Crippen molar-refractivity contribution in [2.45, 2.75) is 39.5 Å². The Kier molecular flexibility index (Phi) is 11.5. The molecule has 28 heavy (non-hydrogen) atoms. The van der Waals surface area contributed by atoms with Crippen molar-refractivity contribution in [2.75, 3.05) is 6.61 Å². The van der Waals surface area contributed by atoms with Gasteiger partial charge in [-0.05, 0) is 23.5 Å². The first kappa shape index (κ1) is 24.2. The quantitative estimate of drug-likeness (QED) is 0.289. The fourth-order valence-corrected chi connectivity index (χ4v) is 3.03. The molecule has 3 nitrogen and oxygen atoms in total. The molecule has 2 aromatic rings. The maximum Gasteiger partial charge on any atom is 1.00 e. The van der Waals surface area contributed by atoms with Crippen molar-refractivity contribution < 1.29 is 39.1 Å². The fraction of sp³-hybridized carbons (Fsp3) is 0.333. The summed E-state index contributed by atoms with van der Waals surface area (Å²) >= 11 is 0. The van der Waals surface area contributed by atoms with Crippen LogP contribution in [0.5, 0.6) is 0 Å². The standard InChI is InChI=1S/C24H27NO2.Na/c1-3-5-12-19(4-2)18-27-24(26)22(17-25)23(20-13-8-6-9-14-20)21-15-10-7-11-16-21;/h6-11,13-16,19H,3-5,12,18H2,1-2H3;/q;+1. The molecule has 0 bridgehead atoms. The van der Waals surface area contributed by atoms with Crippen molar-refractivity contribution in [1.29, 1.82) is 5.26 Å². The largest absolute Gasteiger partial charge is 1.00 e. The van der Waals surface area contributed by atoms with Crippen molar-refractivity contribution in [3.05, 3.63) is 77.4 Å². The molecular weight excluding hydrogens is 357 g/mol. The van der Waals surface area contributed by atoms with Gasteiger partial charge in [-0.3, -0.25) is 0 Å². The van der Waals surface area contributed by atoms with Crippen LogP contribution in [0.25, 0.3) is 5.57 Å². The first-order valence-corrected chi connectivity index (χ1v) is 9.63. The van der Waals surface area contributed by atoms with Crippen molar-refractivity contribution in [2.24, 2.45) is 5.92 Å². The maximum absolute atomic E-state index is 12.8. The van der Waals surface area contributed by atoms with Crippen LogP contribution in [0.2, 0.25) is 0 Å². The maximum atomic E-state index is 12.8. The normalized spacial score (nSPS) is 10.9. The van der Waals surface area contributed by atoms with Gasteiger partial charge in [-0.1, -0.05) is 93.8 Å². The van der Waals surface area contributed by atoms with E-state index in [9.17, 15) is 10.1 Å². The Bertz CT molecular complexity index is 753. The van der Waals surface area contributed by atoms with Crippen LogP contribution in [0.15, 0.2) is 66.2 Å². The van der Waals surface area contributed by atoms with E-state index in [4.69, 9.17) is 4.74 Å². The summed E-state index contributed by atoms with van der Waals surface area (Å²) in [6.07, 6.45) is 4.25. The molecule has 0 radical (unpaired) electrons. The van der Waals surface area contributed by atoms with Crippen LogP contribution in [-0.4, -0.2) is 12.6 Å². The molecule has 0 aromatic heterocycles. The Morgan fingerprint density at radius 1 is 1.00 bits per heavy atom. The molecule has 0 aliphatic heterocycles. The second-order valence-corrected chi connectivity index (χ2v) is 6.61. The molecule has 0 aliphatic carbocycles. The van der Waals surface area contributed by atoms with E-state index in [-0.39, 0.29) is 35.1 Å². The fourth-order valence-electron chi connectivity index (χ4n) is 3.03. The van der Waals surface area contributed by atoms with Crippen LogP contribution < -0.4 is 29.6 Å². The number of benzene rings is 2. The predicted octanol–water partition coefficient (Wildman–Crippen LogP) is 2.78. The molecule has 1 atom stereocenters.